The molecule has 0 saturated heterocycles. The highest BCUT2D eigenvalue weighted by Gasteiger charge is 2.40. The van der Waals surface area contributed by atoms with Gasteiger partial charge in [0.2, 0.25) is 0 Å². The molecule has 1 rings (SSSR count). The summed E-state index contributed by atoms with van der Waals surface area (Å²) < 4.78 is -0.104. The van der Waals surface area contributed by atoms with E-state index < -0.39 is 6.09 Å². The van der Waals surface area contributed by atoms with E-state index in [1.54, 1.807) is 6.20 Å². The molecule has 0 aromatic carbocycles. The Hall–Kier alpha value is -1.03. The molecule has 0 fully saturated rings. The Balaban J connectivity index is 2.84. The molecule has 18 heavy (non-hydrogen) atoms. The van der Waals surface area contributed by atoms with Gasteiger partial charge in [0.25, 0.3) is 6.09 Å². The fourth-order valence-electron chi connectivity index (χ4n) is 2.82. The van der Waals surface area contributed by atoms with E-state index in [0.29, 0.717) is 13.2 Å². The number of carbonyl (C=O) groups excluding carboxylic acids is 1. The maximum absolute atomic E-state index is 11.3. The molecule has 4 heteroatoms. The van der Waals surface area contributed by atoms with Crippen LogP contribution in [0, 0.1) is 5.41 Å². The van der Waals surface area contributed by atoms with Crippen molar-refractivity contribution in [1.29, 1.82) is 0 Å². The van der Waals surface area contributed by atoms with Gasteiger partial charge in [0.05, 0.1) is 12.7 Å². The fourth-order valence-corrected chi connectivity index (χ4v) is 2.82. The summed E-state index contributed by atoms with van der Waals surface area (Å²) in [6, 6.07) is 0. The molecule has 1 heterocycles. The number of rotatable bonds is 3. The Kier molecular flexibility index (Phi) is 3.82. The number of quaternary nitrogens is 1. The first kappa shape index (κ1) is 15.0. The van der Waals surface area contributed by atoms with Crippen molar-refractivity contribution < 1.29 is 14.4 Å². The first-order valence-corrected chi connectivity index (χ1v) is 6.57. The van der Waals surface area contributed by atoms with Crippen molar-refractivity contribution in [3.05, 3.63) is 12.4 Å². The van der Waals surface area contributed by atoms with Gasteiger partial charge in [0.1, 0.15) is 6.20 Å². The van der Waals surface area contributed by atoms with E-state index in [2.05, 4.69) is 39.5 Å². The second-order valence-electron chi connectivity index (χ2n) is 7.08. The molecule has 1 atom stereocenters. The van der Waals surface area contributed by atoms with Crippen LogP contribution in [0.25, 0.3) is 0 Å². The third kappa shape index (κ3) is 3.05. The van der Waals surface area contributed by atoms with Gasteiger partial charge in [0.15, 0.2) is 6.67 Å². The van der Waals surface area contributed by atoms with Crippen LogP contribution < -0.4 is 5.11 Å². The second-order valence-corrected chi connectivity index (χ2v) is 7.08. The van der Waals surface area contributed by atoms with Crippen LogP contribution in [0.5, 0.6) is 0 Å². The summed E-state index contributed by atoms with van der Waals surface area (Å²) in [7, 11) is 0. The molecule has 1 amide bonds. The van der Waals surface area contributed by atoms with Crippen molar-refractivity contribution in [2.24, 2.45) is 5.41 Å². The van der Waals surface area contributed by atoms with Crippen LogP contribution >= 0.6 is 0 Å². The quantitative estimate of drug-likeness (QED) is 0.725. The third-order valence-electron chi connectivity index (χ3n) is 3.61. The molecule has 0 aromatic rings. The molecule has 0 radical (unpaired) electrons. The Morgan fingerprint density at radius 2 is 1.89 bits per heavy atom. The van der Waals surface area contributed by atoms with Gasteiger partial charge in [-0.3, -0.25) is 0 Å². The number of hydrogen-bond donors (Lipinski definition) is 0. The molecule has 0 bridgehead atoms. The fraction of sp³-hybridized carbons (Fsp3) is 0.786. The molecule has 0 saturated carbocycles. The minimum atomic E-state index is -1.03. The molecule has 0 N–H and O–H groups in total. The van der Waals surface area contributed by atoms with Crippen LogP contribution in [0.3, 0.4) is 0 Å². The molecule has 104 valence electrons. The van der Waals surface area contributed by atoms with Crippen molar-refractivity contribution in [2.45, 2.75) is 53.5 Å². The molecule has 0 aliphatic carbocycles. The molecule has 0 aromatic heterocycles. The van der Waals surface area contributed by atoms with Crippen LogP contribution in [-0.4, -0.2) is 34.2 Å². The highest BCUT2D eigenvalue weighted by molar-refractivity contribution is 5.55. The minimum absolute atomic E-state index is 0.0562. The zero-order valence-electron chi connectivity index (χ0n) is 12.5. The summed E-state index contributed by atoms with van der Waals surface area (Å²) in [5, 5.41) is 11.3. The van der Waals surface area contributed by atoms with Crippen LogP contribution in [0.4, 0.5) is 4.79 Å². The van der Waals surface area contributed by atoms with Gasteiger partial charge >= 0.3 is 0 Å². The van der Waals surface area contributed by atoms with Gasteiger partial charge in [-0.15, -0.1) is 0 Å². The normalized spacial score (nSPS) is 24.7. The largest absolute Gasteiger partial charge is 0.498 e. The monoisotopic (exact) mass is 254 g/mol. The van der Waals surface area contributed by atoms with Crippen molar-refractivity contribution in [1.82, 2.24) is 4.90 Å². The highest BCUT2D eigenvalue weighted by Crippen LogP contribution is 2.34. The van der Waals surface area contributed by atoms with Gasteiger partial charge in [-0.05, 0) is 32.6 Å². The number of hydrogen-bond acceptors (Lipinski definition) is 3. The zero-order chi connectivity index (χ0) is 14.2. The molecular weight excluding hydrogens is 228 g/mol. The van der Waals surface area contributed by atoms with Crippen LogP contribution in [0.1, 0.15) is 48.0 Å². The Morgan fingerprint density at radius 3 is 2.22 bits per heavy atom. The Bertz CT molecular complexity index is 355. The summed E-state index contributed by atoms with van der Waals surface area (Å²) in [5.74, 6) is 0. The average Bonchev–Trinajstić information content (AvgIpc) is 2.59. The summed E-state index contributed by atoms with van der Waals surface area (Å²) in [6.07, 6.45) is 3.62. The molecule has 1 unspecified atom stereocenters. The van der Waals surface area contributed by atoms with E-state index >= 15 is 0 Å². The molecule has 1 aliphatic rings. The maximum atomic E-state index is 11.3. The van der Waals surface area contributed by atoms with Crippen molar-refractivity contribution in [3.8, 4) is 0 Å². The number of carbonyl (C=O) groups is 1. The lowest BCUT2D eigenvalue weighted by molar-refractivity contribution is -0.829. The highest BCUT2D eigenvalue weighted by atomic mass is 16.4. The summed E-state index contributed by atoms with van der Waals surface area (Å²) in [4.78, 5) is 13.4. The van der Waals surface area contributed by atoms with E-state index in [1.165, 1.54) is 0 Å². The number of nitrogens with zero attached hydrogens (tertiary/aromatic N) is 2. The van der Waals surface area contributed by atoms with Gasteiger partial charge in [-0.2, -0.15) is 0 Å². The van der Waals surface area contributed by atoms with E-state index in [9.17, 15) is 9.90 Å². The van der Waals surface area contributed by atoms with Crippen molar-refractivity contribution in [2.75, 3.05) is 13.2 Å². The lowest BCUT2D eigenvalue weighted by atomic mass is 9.81. The molecule has 1 aliphatic heterocycles. The van der Waals surface area contributed by atoms with E-state index in [1.807, 2.05) is 13.1 Å². The Labute approximate surface area is 110 Å². The van der Waals surface area contributed by atoms with Gasteiger partial charge in [-0.1, -0.05) is 20.8 Å². The smallest absolute Gasteiger partial charge is 0.263 e. The summed E-state index contributed by atoms with van der Waals surface area (Å²) >= 11 is 0. The predicted octanol–water partition coefficient (Wildman–Crippen LogP) is 2.13. The molecule has 4 nitrogen and oxygen atoms in total. The van der Waals surface area contributed by atoms with E-state index in [4.69, 9.17) is 0 Å². The third-order valence-corrected chi connectivity index (χ3v) is 3.61. The standard InChI is InChI=1S/C14H26N2O2/c1-7-16(12(17)18)9-8-15(11-16)14(5,6)10-13(2,3)4/h8-9H,7,10-11H2,1-6H3. The lowest BCUT2D eigenvalue weighted by Gasteiger charge is -2.41. The lowest BCUT2D eigenvalue weighted by Crippen LogP contribution is -2.58. The van der Waals surface area contributed by atoms with Crippen LogP contribution in [0.15, 0.2) is 12.4 Å². The van der Waals surface area contributed by atoms with E-state index in [0.717, 1.165) is 6.42 Å². The minimum Gasteiger partial charge on any atom is -0.498 e. The molecule has 0 spiro atoms. The second kappa shape index (κ2) is 4.57. The summed E-state index contributed by atoms with van der Waals surface area (Å²) in [5.41, 5.74) is 0.155. The predicted molar refractivity (Wildman–Crippen MR) is 70.2 cm³/mol. The maximum Gasteiger partial charge on any atom is 0.263 e. The molecular formula is C14H26N2O2. The topological polar surface area (TPSA) is 43.4 Å². The van der Waals surface area contributed by atoms with Gasteiger partial charge in [0, 0.05) is 5.54 Å². The van der Waals surface area contributed by atoms with Crippen molar-refractivity contribution >= 4 is 6.09 Å². The van der Waals surface area contributed by atoms with Crippen molar-refractivity contribution in [3.63, 3.8) is 0 Å². The zero-order valence-corrected chi connectivity index (χ0v) is 12.5. The number of carboxylic acid groups (broad SMARTS) is 1. The van der Waals surface area contributed by atoms with Crippen LogP contribution in [-0.2, 0) is 0 Å². The Morgan fingerprint density at radius 1 is 1.33 bits per heavy atom. The average molecular weight is 254 g/mol. The van der Waals surface area contributed by atoms with Gasteiger partial charge in [-0.25, -0.2) is 4.48 Å². The SMILES string of the molecule is CC[N+]1(C(=O)[O-])C=CN(C(C)(C)CC(C)(C)C)C1. The summed E-state index contributed by atoms with van der Waals surface area (Å²) in [6.45, 7) is 13.8. The van der Waals surface area contributed by atoms with Gasteiger partial charge < -0.3 is 14.8 Å². The first-order valence-electron chi connectivity index (χ1n) is 6.57. The number of amides is 1. The van der Waals surface area contributed by atoms with E-state index in [-0.39, 0.29) is 15.4 Å². The van der Waals surface area contributed by atoms with Crippen LogP contribution in [0.2, 0.25) is 0 Å². The first-order chi connectivity index (χ1) is 8.02.